The number of aromatic nitrogens is 1. The number of carbonyl (C=O) groups excluding carboxylic acids is 1. The highest BCUT2D eigenvalue weighted by molar-refractivity contribution is 7.16. The Morgan fingerprint density at radius 2 is 2.05 bits per heavy atom. The van der Waals surface area contributed by atoms with Crippen molar-refractivity contribution in [1.82, 2.24) is 10.3 Å². The van der Waals surface area contributed by atoms with Crippen LogP contribution < -0.4 is 5.32 Å². The number of halogens is 1. The molecule has 0 saturated heterocycles. The van der Waals surface area contributed by atoms with Crippen LogP contribution in [0.5, 0.6) is 0 Å². The van der Waals surface area contributed by atoms with E-state index in [2.05, 4.69) is 10.3 Å². The number of amides is 1. The van der Waals surface area contributed by atoms with Crippen LogP contribution in [-0.2, 0) is 0 Å². The third-order valence-electron chi connectivity index (χ3n) is 4.11. The topological polar surface area (TPSA) is 42.0 Å². The standard InChI is InChI=1S/C17H19FN2OS/c18-14-9-5-4-8-13(14)17-20-11-15(22-17)16(21)19-10-12-6-2-1-3-7-12/h4-5,8-9,11-12H,1-3,6-7,10H2,(H,19,21). The number of nitrogens with one attached hydrogen (secondary N) is 1. The lowest BCUT2D eigenvalue weighted by molar-refractivity contribution is 0.0947. The summed E-state index contributed by atoms with van der Waals surface area (Å²) in [6.07, 6.45) is 7.76. The van der Waals surface area contributed by atoms with Gasteiger partial charge in [-0.25, -0.2) is 9.37 Å². The summed E-state index contributed by atoms with van der Waals surface area (Å²) >= 11 is 1.23. The highest BCUT2D eigenvalue weighted by Crippen LogP contribution is 2.27. The smallest absolute Gasteiger partial charge is 0.263 e. The summed E-state index contributed by atoms with van der Waals surface area (Å²) in [5.41, 5.74) is 0.443. The minimum atomic E-state index is -0.314. The van der Waals surface area contributed by atoms with Gasteiger partial charge in [0.15, 0.2) is 0 Å². The van der Waals surface area contributed by atoms with E-state index in [1.165, 1.54) is 55.7 Å². The predicted octanol–water partition coefficient (Wildman–Crippen LogP) is 4.26. The molecule has 3 nitrogen and oxygen atoms in total. The van der Waals surface area contributed by atoms with Crippen molar-refractivity contribution >= 4 is 17.2 Å². The first-order valence-electron chi connectivity index (χ1n) is 7.73. The van der Waals surface area contributed by atoms with Crippen LogP contribution in [0.25, 0.3) is 10.6 Å². The summed E-state index contributed by atoms with van der Waals surface area (Å²) in [4.78, 5) is 16.9. The van der Waals surface area contributed by atoms with E-state index in [-0.39, 0.29) is 11.7 Å². The summed E-state index contributed by atoms with van der Waals surface area (Å²) in [5, 5.41) is 3.53. The molecule has 116 valence electrons. The number of benzene rings is 1. The van der Waals surface area contributed by atoms with Crippen molar-refractivity contribution < 1.29 is 9.18 Å². The zero-order chi connectivity index (χ0) is 15.4. The molecule has 1 aliphatic rings. The summed E-state index contributed by atoms with van der Waals surface area (Å²) in [7, 11) is 0. The first-order chi connectivity index (χ1) is 10.7. The quantitative estimate of drug-likeness (QED) is 0.915. The van der Waals surface area contributed by atoms with Crippen LogP contribution in [-0.4, -0.2) is 17.4 Å². The molecule has 0 spiro atoms. The molecule has 1 fully saturated rings. The molecule has 0 aliphatic heterocycles. The van der Waals surface area contributed by atoms with E-state index < -0.39 is 0 Å². The molecule has 1 aromatic carbocycles. The average molecular weight is 318 g/mol. The molecule has 0 unspecified atom stereocenters. The second-order valence-corrected chi connectivity index (χ2v) is 6.75. The molecule has 0 bridgehead atoms. The Morgan fingerprint density at radius 1 is 1.27 bits per heavy atom. The Labute approximate surface area is 133 Å². The molecule has 3 rings (SSSR count). The first kappa shape index (κ1) is 15.2. The van der Waals surface area contributed by atoms with Crippen LogP contribution in [0, 0.1) is 11.7 Å². The molecule has 0 radical (unpaired) electrons. The van der Waals surface area contributed by atoms with Crippen molar-refractivity contribution in [2.24, 2.45) is 5.92 Å². The van der Waals surface area contributed by atoms with Crippen LogP contribution in [0.1, 0.15) is 41.8 Å². The normalized spacial score (nSPS) is 15.7. The van der Waals surface area contributed by atoms with E-state index in [1.807, 2.05) is 0 Å². The average Bonchev–Trinajstić information content (AvgIpc) is 3.04. The van der Waals surface area contributed by atoms with Crippen molar-refractivity contribution in [1.29, 1.82) is 0 Å². The Hall–Kier alpha value is -1.75. The van der Waals surface area contributed by atoms with Gasteiger partial charge < -0.3 is 5.32 Å². The van der Waals surface area contributed by atoms with Gasteiger partial charge in [-0.2, -0.15) is 0 Å². The van der Waals surface area contributed by atoms with E-state index in [1.54, 1.807) is 18.2 Å². The zero-order valence-corrected chi connectivity index (χ0v) is 13.2. The molecular formula is C17H19FN2OS. The molecule has 1 aliphatic carbocycles. The van der Waals surface area contributed by atoms with Gasteiger partial charge in [0, 0.05) is 12.1 Å². The first-order valence-corrected chi connectivity index (χ1v) is 8.54. The fraction of sp³-hybridized carbons (Fsp3) is 0.412. The minimum absolute atomic E-state index is 0.106. The highest BCUT2D eigenvalue weighted by atomic mass is 32.1. The van der Waals surface area contributed by atoms with Gasteiger partial charge in [0.1, 0.15) is 15.7 Å². The summed E-state index contributed by atoms with van der Waals surface area (Å²) in [6.45, 7) is 0.728. The molecule has 1 N–H and O–H groups in total. The molecule has 1 heterocycles. The van der Waals surface area contributed by atoms with Crippen LogP contribution in [0.15, 0.2) is 30.5 Å². The van der Waals surface area contributed by atoms with Crippen LogP contribution >= 0.6 is 11.3 Å². The Balaban J connectivity index is 1.63. The maximum Gasteiger partial charge on any atom is 0.263 e. The molecule has 0 atom stereocenters. The second kappa shape index (κ2) is 7.01. The number of rotatable bonds is 4. The summed E-state index contributed by atoms with van der Waals surface area (Å²) in [5.74, 6) is 0.174. The van der Waals surface area contributed by atoms with Gasteiger partial charge >= 0.3 is 0 Å². The molecule has 1 amide bonds. The summed E-state index contributed by atoms with van der Waals surface area (Å²) in [6, 6.07) is 6.49. The SMILES string of the molecule is O=C(NCC1CCCCC1)c1cnc(-c2ccccc2F)s1. The number of nitrogens with zero attached hydrogens (tertiary/aromatic N) is 1. The highest BCUT2D eigenvalue weighted by Gasteiger charge is 2.17. The molecule has 5 heteroatoms. The van der Waals surface area contributed by atoms with Gasteiger partial charge in [-0.1, -0.05) is 31.4 Å². The molecule has 2 aromatic rings. The van der Waals surface area contributed by atoms with Crippen LogP contribution in [0.2, 0.25) is 0 Å². The third-order valence-corrected chi connectivity index (χ3v) is 5.14. The van der Waals surface area contributed by atoms with E-state index in [0.717, 1.165) is 6.54 Å². The Bertz CT molecular complexity index is 650. The Kier molecular flexibility index (Phi) is 4.83. The number of hydrogen-bond acceptors (Lipinski definition) is 3. The lowest BCUT2D eigenvalue weighted by atomic mass is 9.89. The van der Waals surface area contributed by atoms with Gasteiger partial charge in [-0.05, 0) is 30.9 Å². The van der Waals surface area contributed by atoms with Crippen LogP contribution in [0.3, 0.4) is 0 Å². The lowest BCUT2D eigenvalue weighted by Gasteiger charge is -2.21. The van der Waals surface area contributed by atoms with Gasteiger partial charge in [0.05, 0.1) is 6.20 Å². The van der Waals surface area contributed by atoms with Crippen LogP contribution in [0.4, 0.5) is 4.39 Å². The van der Waals surface area contributed by atoms with Gasteiger partial charge in [-0.3, -0.25) is 4.79 Å². The van der Waals surface area contributed by atoms with E-state index >= 15 is 0 Å². The van der Waals surface area contributed by atoms with E-state index in [4.69, 9.17) is 0 Å². The monoisotopic (exact) mass is 318 g/mol. The largest absolute Gasteiger partial charge is 0.351 e. The van der Waals surface area contributed by atoms with Gasteiger partial charge in [0.25, 0.3) is 5.91 Å². The van der Waals surface area contributed by atoms with Crippen molar-refractivity contribution in [3.8, 4) is 10.6 Å². The fourth-order valence-electron chi connectivity index (χ4n) is 2.85. The lowest BCUT2D eigenvalue weighted by Crippen LogP contribution is -2.29. The zero-order valence-electron chi connectivity index (χ0n) is 12.3. The number of hydrogen-bond donors (Lipinski definition) is 1. The van der Waals surface area contributed by atoms with E-state index in [9.17, 15) is 9.18 Å². The number of thiazole rings is 1. The maximum absolute atomic E-state index is 13.7. The second-order valence-electron chi connectivity index (χ2n) is 5.72. The summed E-state index contributed by atoms with van der Waals surface area (Å²) < 4.78 is 13.7. The predicted molar refractivity (Wildman–Crippen MR) is 86.4 cm³/mol. The van der Waals surface area contributed by atoms with Gasteiger partial charge in [-0.15, -0.1) is 11.3 Å². The fourth-order valence-corrected chi connectivity index (χ4v) is 3.71. The van der Waals surface area contributed by atoms with E-state index in [0.29, 0.717) is 21.4 Å². The van der Waals surface area contributed by atoms with Crippen molar-refractivity contribution in [2.45, 2.75) is 32.1 Å². The molecular weight excluding hydrogens is 299 g/mol. The third kappa shape index (κ3) is 3.53. The minimum Gasteiger partial charge on any atom is -0.351 e. The molecule has 22 heavy (non-hydrogen) atoms. The Morgan fingerprint density at radius 3 is 2.82 bits per heavy atom. The maximum atomic E-state index is 13.7. The van der Waals surface area contributed by atoms with Gasteiger partial charge in [0.2, 0.25) is 0 Å². The molecule has 1 aromatic heterocycles. The molecule has 1 saturated carbocycles. The number of carbonyl (C=O) groups is 1. The van der Waals surface area contributed by atoms with Crippen molar-refractivity contribution in [3.05, 3.63) is 41.2 Å². The van der Waals surface area contributed by atoms with Crippen molar-refractivity contribution in [2.75, 3.05) is 6.54 Å². The van der Waals surface area contributed by atoms with Crippen molar-refractivity contribution in [3.63, 3.8) is 0 Å².